The fourth-order valence-electron chi connectivity index (χ4n) is 1.40. The van der Waals surface area contributed by atoms with Crippen LogP contribution in [-0.4, -0.2) is 10.1 Å². The van der Waals surface area contributed by atoms with Gasteiger partial charge in [0, 0.05) is 11.4 Å². The largest absolute Gasteiger partial charge is 0.462 e. The lowest BCUT2D eigenvalue weighted by Crippen LogP contribution is -2.11. The van der Waals surface area contributed by atoms with Crippen LogP contribution < -0.4 is 5.32 Å². The third-order valence-electron chi connectivity index (χ3n) is 2.30. The molecule has 0 spiro atoms. The quantitative estimate of drug-likeness (QED) is 0.834. The minimum Gasteiger partial charge on any atom is -0.462 e. The average Bonchev–Trinajstić information content (AvgIpc) is 2.89. The lowest BCUT2D eigenvalue weighted by Gasteiger charge is -2.00. The first-order valence-electron chi connectivity index (χ1n) is 5.07. The van der Waals surface area contributed by atoms with Crippen LogP contribution in [0.1, 0.15) is 22.1 Å². The number of hydrogen-bond donors (Lipinski definition) is 2. The molecule has 0 aromatic carbocycles. The maximum Gasteiger partial charge on any atom is 0.129 e. The molecule has 0 aliphatic rings. The van der Waals surface area contributed by atoms with E-state index in [0.717, 1.165) is 18.0 Å². The summed E-state index contributed by atoms with van der Waals surface area (Å²) >= 11 is 1.65. The predicted molar refractivity (Wildman–Crippen MR) is 62.0 cm³/mol. The van der Waals surface area contributed by atoms with Crippen LogP contribution in [0.5, 0.6) is 0 Å². The Hall–Kier alpha value is -1.17. The first-order chi connectivity index (χ1) is 7.79. The molecule has 0 radical (unpaired) electrons. The number of nitrogens with one attached hydrogen (secondary N) is 1. The molecule has 0 aliphatic heterocycles. The minimum absolute atomic E-state index is 0.0477. The van der Waals surface area contributed by atoms with Crippen LogP contribution in [0.15, 0.2) is 22.1 Å². The van der Waals surface area contributed by atoms with Crippen molar-refractivity contribution in [3.8, 4) is 0 Å². The normalized spacial score (nSPS) is 10.9. The molecule has 2 heterocycles. The number of thiazole rings is 1. The molecule has 0 unspecified atom stereocenters. The van der Waals surface area contributed by atoms with Gasteiger partial charge in [-0.2, -0.15) is 0 Å². The fourth-order valence-corrected chi connectivity index (χ4v) is 2.14. The van der Waals surface area contributed by atoms with E-state index in [1.165, 1.54) is 4.88 Å². The first-order valence-corrected chi connectivity index (χ1v) is 5.95. The molecular weight excluding hydrogens is 224 g/mol. The molecular formula is C11H14N2O2S. The average molecular weight is 238 g/mol. The summed E-state index contributed by atoms with van der Waals surface area (Å²) < 4.78 is 5.36. The zero-order valence-electron chi connectivity index (χ0n) is 9.06. The Morgan fingerprint density at radius 3 is 2.81 bits per heavy atom. The van der Waals surface area contributed by atoms with Crippen molar-refractivity contribution in [2.75, 3.05) is 0 Å². The van der Waals surface area contributed by atoms with Crippen LogP contribution in [0.3, 0.4) is 0 Å². The molecule has 0 bridgehead atoms. The van der Waals surface area contributed by atoms with E-state index in [1.54, 1.807) is 17.4 Å². The highest BCUT2D eigenvalue weighted by Crippen LogP contribution is 2.12. The van der Waals surface area contributed by atoms with Crippen molar-refractivity contribution < 1.29 is 9.52 Å². The van der Waals surface area contributed by atoms with Crippen LogP contribution in [-0.2, 0) is 19.7 Å². The Morgan fingerprint density at radius 1 is 1.38 bits per heavy atom. The van der Waals surface area contributed by atoms with Crippen LogP contribution in [0.25, 0.3) is 0 Å². The standard InChI is InChI=1S/C11H14N2O2S/c1-8-11(16-7-13-8)5-12-4-9-2-3-10(6-14)15-9/h2-3,7,12,14H,4-6H2,1H3. The molecule has 0 saturated heterocycles. The van der Waals surface area contributed by atoms with E-state index in [9.17, 15) is 0 Å². The van der Waals surface area contributed by atoms with Gasteiger partial charge in [-0.1, -0.05) is 0 Å². The second-order valence-electron chi connectivity index (χ2n) is 3.49. The minimum atomic E-state index is -0.0477. The van der Waals surface area contributed by atoms with Crippen molar-refractivity contribution in [1.29, 1.82) is 0 Å². The Labute approximate surface area is 97.9 Å². The van der Waals surface area contributed by atoms with E-state index < -0.39 is 0 Å². The van der Waals surface area contributed by atoms with E-state index >= 15 is 0 Å². The number of hydrogen-bond acceptors (Lipinski definition) is 5. The van der Waals surface area contributed by atoms with Crippen molar-refractivity contribution in [2.24, 2.45) is 0 Å². The van der Waals surface area contributed by atoms with Gasteiger partial charge in [0.25, 0.3) is 0 Å². The Balaban J connectivity index is 1.82. The van der Waals surface area contributed by atoms with Gasteiger partial charge in [0.1, 0.15) is 18.1 Å². The zero-order valence-corrected chi connectivity index (χ0v) is 9.88. The van der Waals surface area contributed by atoms with E-state index in [0.29, 0.717) is 12.3 Å². The third-order valence-corrected chi connectivity index (χ3v) is 3.24. The van der Waals surface area contributed by atoms with Crippen LogP contribution >= 0.6 is 11.3 Å². The molecule has 2 aromatic heterocycles. The smallest absolute Gasteiger partial charge is 0.129 e. The Bertz CT molecular complexity index is 450. The number of rotatable bonds is 5. The molecule has 0 saturated carbocycles. The lowest BCUT2D eigenvalue weighted by molar-refractivity contribution is 0.242. The van der Waals surface area contributed by atoms with Gasteiger partial charge >= 0.3 is 0 Å². The molecule has 0 aliphatic carbocycles. The van der Waals surface area contributed by atoms with E-state index in [1.807, 2.05) is 18.5 Å². The molecule has 2 N–H and O–H groups in total. The van der Waals surface area contributed by atoms with Crippen molar-refractivity contribution in [3.63, 3.8) is 0 Å². The van der Waals surface area contributed by atoms with E-state index in [4.69, 9.17) is 9.52 Å². The molecule has 2 aromatic rings. The van der Waals surface area contributed by atoms with Crippen molar-refractivity contribution in [3.05, 3.63) is 39.7 Å². The van der Waals surface area contributed by atoms with E-state index in [-0.39, 0.29) is 6.61 Å². The van der Waals surface area contributed by atoms with Crippen LogP contribution in [0.4, 0.5) is 0 Å². The summed E-state index contributed by atoms with van der Waals surface area (Å²) in [5, 5.41) is 12.1. The van der Waals surface area contributed by atoms with Gasteiger partial charge in [-0.25, -0.2) is 4.98 Å². The maximum absolute atomic E-state index is 8.84. The zero-order chi connectivity index (χ0) is 11.4. The molecule has 0 fully saturated rings. The first kappa shape index (κ1) is 11.3. The summed E-state index contributed by atoms with van der Waals surface area (Å²) in [6, 6.07) is 3.66. The predicted octanol–water partition coefficient (Wildman–Crippen LogP) is 1.83. The van der Waals surface area contributed by atoms with E-state index in [2.05, 4.69) is 10.3 Å². The number of furan rings is 1. The van der Waals surface area contributed by atoms with Crippen molar-refractivity contribution >= 4 is 11.3 Å². The fraction of sp³-hybridized carbons (Fsp3) is 0.364. The summed E-state index contributed by atoms with van der Waals surface area (Å²) in [6.07, 6.45) is 0. The summed E-state index contributed by atoms with van der Waals surface area (Å²) in [7, 11) is 0. The van der Waals surface area contributed by atoms with Crippen molar-refractivity contribution in [2.45, 2.75) is 26.6 Å². The van der Waals surface area contributed by atoms with Gasteiger partial charge in [-0.15, -0.1) is 11.3 Å². The van der Waals surface area contributed by atoms with Crippen LogP contribution in [0, 0.1) is 6.92 Å². The number of nitrogens with zero attached hydrogens (tertiary/aromatic N) is 1. The Kier molecular flexibility index (Phi) is 3.71. The van der Waals surface area contributed by atoms with Crippen molar-refractivity contribution in [1.82, 2.24) is 10.3 Å². The monoisotopic (exact) mass is 238 g/mol. The summed E-state index contributed by atoms with van der Waals surface area (Å²) in [4.78, 5) is 5.43. The van der Waals surface area contributed by atoms with Gasteiger partial charge in [0.05, 0.1) is 17.7 Å². The van der Waals surface area contributed by atoms with Crippen LogP contribution in [0.2, 0.25) is 0 Å². The summed E-state index contributed by atoms with van der Waals surface area (Å²) in [5.41, 5.74) is 2.93. The molecule has 16 heavy (non-hydrogen) atoms. The second-order valence-corrected chi connectivity index (χ2v) is 4.43. The highest BCUT2D eigenvalue weighted by Gasteiger charge is 2.03. The third kappa shape index (κ3) is 2.69. The lowest BCUT2D eigenvalue weighted by atomic mass is 10.4. The number of aryl methyl sites for hydroxylation is 1. The molecule has 4 nitrogen and oxygen atoms in total. The molecule has 0 amide bonds. The molecule has 5 heteroatoms. The number of aliphatic hydroxyl groups is 1. The van der Waals surface area contributed by atoms with Gasteiger partial charge < -0.3 is 14.8 Å². The van der Waals surface area contributed by atoms with Gasteiger partial charge in [0.2, 0.25) is 0 Å². The van der Waals surface area contributed by atoms with Gasteiger partial charge in [-0.05, 0) is 19.1 Å². The topological polar surface area (TPSA) is 58.3 Å². The number of aromatic nitrogens is 1. The number of aliphatic hydroxyl groups excluding tert-OH is 1. The molecule has 2 rings (SSSR count). The Morgan fingerprint density at radius 2 is 2.19 bits per heavy atom. The molecule has 0 atom stereocenters. The highest BCUT2D eigenvalue weighted by atomic mass is 32.1. The summed E-state index contributed by atoms with van der Waals surface area (Å²) in [6.45, 7) is 3.42. The second kappa shape index (κ2) is 5.25. The SMILES string of the molecule is Cc1ncsc1CNCc1ccc(CO)o1. The highest BCUT2D eigenvalue weighted by molar-refractivity contribution is 7.09. The van der Waals surface area contributed by atoms with Gasteiger partial charge in [-0.3, -0.25) is 0 Å². The summed E-state index contributed by atoms with van der Waals surface area (Å²) in [5.74, 6) is 1.44. The van der Waals surface area contributed by atoms with Gasteiger partial charge in [0.15, 0.2) is 0 Å². The maximum atomic E-state index is 8.84. The molecule has 86 valence electrons.